The molecule has 0 saturated heterocycles. The van der Waals surface area contributed by atoms with E-state index in [0.29, 0.717) is 16.1 Å². The fraction of sp³-hybridized carbons (Fsp3) is 0.125. The number of carbonyl (C=O) groups is 1. The Bertz CT molecular complexity index is 1210. The van der Waals surface area contributed by atoms with Gasteiger partial charge in [-0.05, 0) is 53.6 Å². The van der Waals surface area contributed by atoms with Gasteiger partial charge in [0.05, 0.1) is 5.56 Å². The number of alkyl halides is 3. The Morgan fingerprint density at radius 3 is 2.64 bits per heavy atom. The number of rotatable bonds is 7. The summed E-state index contributed by atoms with van der Waals surface area (Å²) >= 11 is 6.05. The molecule has 0 aliphatic rings. The Balaban J connectivity index is 1.77. The van der Waals surface area contributed by atoms with Crippen molar-refractivity contribution in [3.8, 4) is 11.8 Å². The Hall–Kier alpha value is -3.83. The maximum atomic E-state index is 12.9. The van der Waals surface area contributed by atoms with Crippen molar-refractivity contribution in [3.05, 3.63) is 99.8 Å². The van der Waals surface area contributed by atoms with Crippen molar-refractivity contribution in [3.63, 3.8) is 0 Å². The third-order valence-electron chi connectivity index (χ3n) is 4.46. The molecule has 2 aromatic carbocycles. The number of ether oxygens (including phenoxy) is 1. The minimum absolute atomic E-state index is 0.151. The Labute approximate surface area is 193 Å². The van der Waals surface area contributed by atoms with Crippen LogP contribution in [0.25, 0.3) is 6.08 Å². The number of nitriles is 1. The van der Waals surface area contributed by atoms with Gasteiger partial charge < -0.3 is 10.1 Å². The molecule has 0 atom stereocenters. The quantitative estimate of drug-likeness (QED) is 0.362. The summed E-state index contributed by atoms with van der Waals surface area (Å²) in [5.41, 5.74) is 0.435. The number of halogens is 4. The lowest BCUT2D eigenvalue weighted by molar-refractivity contribution is -0.137. The summed E-state index contributed by atoms with van der Waals surface area (Å²) in [6.07, 6.45) is 0.0414. The van der Waals surface area contributed by atoms with E-state index in [1.165, 1.54) is 36.4 Å². The van der Waals surface area contributed by atoms with Gasteiger partial charge in [0.1, 0.15) is 24.0 Å². The summed E-state index contributed by atoms with van der Waals surface area (Å²) in [5.74, 6) is -0.352. The van der Waals surface area contributed by atoms with Crippen LogP contribution in [-0.4, -0.2) is 10.9 Å². The van der Waals surface area contributed by atoms with E-state index >= 15 is 0 Å². The summed E-state index contributed by atoms with van der Waals surface area (Å²) < 4.78 is 44.5. The minimum atomic E-state index is -4.46. The fourth-order valence-corrected chi connectivity index (χ4v) is 3.03. The number of hydrogen-bond acceptors (Lipinski definition) is 4. The monoisotopic (exact) mass is 471 g/mol. The molecule has 168 valence electrons. The number of pyridine rings is 1. The van der Waals surface area contributed by atoms with Crippen LogP contribution in [0.4, 0.5) is 13.2 Å². The Morgan fingerprint density at radius 2 is 1.94 bits per heavy atom. The standard InChI is InChI=1S/C24H17ClF3N3O2/c25-21-6-7-22(33-15-16-3-1-5-20(9-16)24(26,27)28)18(11-21)10-19(12-29)23(32)31-14-17-4-2-8-30-13-17/h1-11,13H,14-15H2,(H,31,32)/b19-10+. The van der Waals surface area contributed by atoms with E-state index in [9.17, 15) is 23.2 Å². The number of nitrogens with zero attached hydrogens (tertiary/aromatic N) is 2. The molecule has 0 spiro atoms. The Kier molecular flexibility index (Phi) is 7.70. The third-order valence-corrected chi connectivity index (χ3v) is 4.70. The third kappa shape index (κ3) is 6.82. The first kappa shape index (κ1) is 23.8. The zero-order valence-corrected chi connectivity index (χ0v) is 17.8. The average Bonchev–Trinajstić information content (AvgIpc) is 2.80. The number of aromatic nitrogens is 1. The van der Waals surface area contributed by atoms with Crippen molar-refractivity contribution in [1.29, 1.82) is 5.26 Å². The van der Waals surface area contributed by atoms with Gasteiger partial charge in [-0.25, -0.2) is 0 Å². The largest absolute Gasteiger partial charge is 0.488 e. The van der Waals surface area contributed by atoms with Gasteiger partial charge in [-0.2, -0.15) is 18.4 Å². The molecule has 33 heavy (non-hydrogen) atoms. The number of nitrogens with one attached hydrogen (secondary N) is 1. The van der Waals surface area contributed by atoms with Gasteiger partial charge in [-0.3, -0.25) is 9.78 Å². The molecule has 3 rings (SSSR count). The van der Waals surface area contributed by atoms with Gasteiger partial charge in [0.25, 0.3) is 5.91 Å². The van der Waals surface area contributed by atoms with E-state index in [-0.39, 0.29) is 24.5 Å². The molecule has 0 radical (unpaired) electrons. The van der Waals surface area contributed by atoms with Crippen LogP contribution in [0.5, 0.6) is 5.75 Å². The predicted molar refractivity (Wildman–Crippen MR) is 117 cm³/mol. The summed E-state index contributed by atoms with van der Waals surface area (Å²) in [7, 11) is 0. The lowest BCUT2D eigenvalue weighted by Crippen LogP contribution is -2.24. The van der Waals surface area contributed by atoms with Gasteiger partial charge in [0.2, 0.25) is 0 Å². The molecule has 0 fully saturated rings. The first-order valence-corrected chi connectivity index (χ1v) is 10.0. The average molecular weight is 472 g/mol. The molecular weight excluding hydrogens is 455 g/mol. The van der Waals surface area contributed by atoms with Crippen molar-refractivity contribution in [2.24, 2.45) is 0 Å². The maximum absolute atomic E-state index is 12.9. The SMILES string of the molecule is N#C/C(=C\c1cc(Cl)ccc1OCc1cccc(C(F)(F)F)c1)C(=O)NCc1cccnc1. The summed E-state index contributed by atoms with van der Waals surface area (Å²) in [5, 5.41) is 12.4. The maximum Gasteiger partial charge on any atom is 0.416 e. The van der Waals surface area contributed by atoms with E-state index in [0.717, 1.165) is 17.7 Å². The molecule has 5 nitrogen and oxygen atoms in total. The van der Waals surface area contributed by atoms with Gasteiger partial charge in [0.15, 0.2) is 0 Å². The normalized spacial score (nSPS) is 11.5. The van der Waals surface area contributed by atoms with Crippen LogP contribution in [0, 0.1) is 11.3 Å². The van der Waals surface area contributed by atoms with Gasteiger partial charge in [-0.15, -0.1) is 0 Å². The van der Waals surface area contributed by atoms with Crippen LogP contribution in [0.15, 0.2) is 72.6 Å². The number of hydrogen-bond donors (Lipinski definition) is 1. The zero-order chi connectivity index (χ0) is 23.8. The molecule has 0 bridgehead atoms. The Morgan fingerprint density at radius 1 is 1.15 bits per heavy atom. The lowest BCUT2D eigenvalue weighted by atomic mass is 10.1. The van der Waals surface area contributed by atoms with Crippen molar-refractivity contribution in [2.45, 2.75) is 19.3 Å². The van der Waals surface area contributed by atoms with Crippen molar-refractivity contribution in [1.82, 2.24) is 10.3 Å². The summed E-state index contributed by atoms with van der Waals surface area (Å²) in [6.45, 7) is 0.0294. The van der Waals surface area contributed by atoms with Crippen LogP contribution in [0.2, 0.25) is 5.02 Å². The van der Waals surface area contributed by atoms with Gasteiger partial charge in [-0.1, -0.05) is 29.8 Å². The van der Waals surface area contributed by atoms with E-state index in [2.05, 4.69) is 10.3 Å². The number of benzene rings is 2. The second kappa shape index (κ2) is 10.7. The van der Waals surface area contributed by atoms with E-state index in [4.69, 9.17) is 16.3 Å². The fourth-order valence-electron chi connectivity index (χ4n) is 2.85. The second-order valence-electron chi connectivity index (χ2n) is 6.88. The highest BCUT2D eigenvalue weighted by molar-refractivity contribution is 6.30. The number of amides is 1. The highest BCUT2D eigenvalue weighted by Crippen LogP contribution is 2.30. The van der Waals surface area contributed by atoms with Crippen LogP contribution in [0.1, 0.15) is 22.3 Å². The van der Waals surface area contributed by atoms with Crippen molar-refractivity contribution >= 4 is 23.6 Å². The number of carbonyl (C=O) groups excluding carboxylic acids is 1. The molecule has 3 aromatic rings. The molecule has 1 amide bonds. The highest BCUT2D eigenvalue weighted by Gasteiger charge is 2.30. The second-order valence-corrected chi connectivity index (χ2v) is 7.32. The van der Waals surface area contributed by atoms with E-state index in [1.807, 2.05) is 6.07 Å². The molecule has 1 N–H and O–H groups in total. The summed E-state index contributed by atoms with van der Waals surface area (Å²) in [4.78, 5) is 16.4. The predicted octanol–water partition coefficient (Wildman–Crippen LogP) is 5.56. The molecule has 0 aliphatic carbocycles. The molecule has 0 saturated carbocycles. The first-order chi connectivity index (χ1) is 15.8. The highest BCUT2D eigenvalue weighted by atomic mass is 35.5. The van der Waals surface area contributed by atoms with Crippen LogP contribution in [-0.2, 0) is 24.1 Å². The summed E-state index contributed by atoms with van der Waals surface area (Å²) in [6, 6.07) is 14.7. The molecule has 1 heterocycles. The van der Waals surface area contributed by atoms with Gasteiger partial charge in [0, 0.05) is 29.5 Å². The van der Waals surface area contributed by atoms with Crippen LogP contribution in [0.3, 0.4) is 0 Å². The van der Waals surface area contributed by atoms with Crippen molar-refractivity contribution < 1.29 is 22.7 Å². The zero-order valence-electron chi connectivity index (χ0n) is 17.1. The topological polar surface area (TPSA) is 75.0 Å². The molecular formula is C24H17ClF3N3O2. The molecule has 0 aliphatic heterocycles. The smallest absolute Gasteiger partial charge is 0.416 e. The van der Waals surface area contributed by atoms with Crippen LogP contribution < -0.4 is 10.1 Å². The van der Waals surface area contributed by atoms with E-state index in [1.54, 1.807) is 24.5 Å². The van der Waals surface area contributed by atoms with Crippen LogP contribution >= 0.6 is 11.6 Å². The molecule has 9 heteroatoms. The van der Waals surface area contributed by atoms with Crippen molar-refractivity contribution in [2.75, 3.05) is 0 Å². The minimum Gasteiger partial charge on any atom is -0.488 e. The first-order valence-electron chi connectivity index (χ1n) is 9.63. The van der Waals surface area contributed by atoms with E-state index < -0.39 is 17.6 Å². The van der Waals surface area contributed by atoms with Gasteiger partial charge >= 0.3 is 6.18 Å². The lowest BCUT2D eigenvalue weighted by Gasteiger charge is -2.12. The molecule has 1 aromatic heterocycles. The molecule has 0 unspecified atom stereocenters.